The van der Waals surface area contributed by atoms with Crippen molar-refractivity contribution >= 4 is 29.1 Å². The Morgan fingerprint density at radius 1 is 1.12 bits per heavy atom. The first-order chi connectivity index (χ1) is 12.0. The smallest absolute Gasteiger partial charge is 0.242 e. The van der Waals surface area contributed by atoms with Gasteiger partial charge in [0.05, 0.1) is 18.0 Å². The van der Waals surface area contributed by atoms with E-state index in [0.717, 1.165) is 11.1 Å². The lowest BCUT2D eigenvalue weighted by molar-refractivity contribution is -0.126. The van der Waals surface area contributed by atoms with Crippen LogP contribution in [0.5, 0.6) is 0 Å². The Labute approximate surface area is 152 Å². The predicted octanol–water partition coefficient (Wildman–Crippen LogP) is 4.16. The first kappa shape index (κ1) is 17.4. The molecule has 0 unspecified atom stereocenters. The molecular formula is C20H21N3OS. The van der Waals surface area contributed by atoms with Crippen molar-refractivity contribution in [3.8, 4) is 0 Å². The van der Waals surface area contributed by atoms with Crippen LogP contribution in [-0.4, -0.2) is 27.4 Å². The molecule has 1 amide bonds. The van der Waals surface area contributed by atoms with Gasteiger partial charge in [-0.15, -0.1) is 5.10 Å². The summed E-state index contributed by atoms with van der Waals surface area (Å²) in [6, 6.07) is 16.2. The Hall–Kier alpha value is -2.40. The Bertz CT molecular complexity index is 827. The van der Waals surface area contributed by atoms with Gasteiger partial charge in [-0.25, -0.2) is 0 Å². The summed E-state index contributed by atoms with van der Waals surface area (Å²) in [6.45, 7) is 6.54. The number of amidine groups is 1. The molecule has 1 saturated heterocycles. The molecule has 2 aromatic carbocycles. The standard InChI is InChI=1S/C20H21N3OS/c1-14-8-10-17(11-9-14)12-21-22-20-23(19(24)16(3)25-20)13-18-7-5-4-6-15(18)2/h4-12,16H,13H2,1-3H3/b21-12-,22-20-/t16-/m0/s1. The molecule has 0 saturated carbocycles. The molecule has 25 heavy (non-hydrogen) atoms. The highest BCUT2D eigenvalue weighted by atomic mass is 32.2. The highest BCUT2D eigenvalue weighted by Crippen LogP contribution is 2.29. The fraction of sp³-hybridized carbons (Fsp3) is 0.250. The van der Waals surface area contributed by atoms with E-state index >= 15 is 0 Å². The Morgan fingerprint density at radius 2 is 1.84 bits per heavy atom. The van der Waals surface area contributed by atoms with E-state index in [0.29, 0.717) is 11.7 Å². The maximum absolute atomic E-state index is 12.5. The summed E-state index contributed by atoms with van der Waals surface area (Å²) in [5.74, 6) is 0.0811. The maximum atomic E-state index is 12.5. The number of thioether (sulfide) groups is 1. The molecule has 0 aromatic heterocycles. The van der Waals surface area contributed by atoms with E-state index in [-0.39, 0.29) is 11.2 Å². The third kappa shape index (κ3) is 4.17. The number of nitrogens with zero attached hydrogens (tertiary/aromatic N) is 3. The van der Waals surface area contributed by atoms with E-state index in [1.165, 1.54) is 22.9 Å². The zero-order valence-corrected chi connectivity index (χ0v) is 15.5. The summed E-state index contributed by atoms with van der Waals surface area (Å²) in [5, 5.41) is 9.02. The van der Waals surface area contributed by atoms with E-state index < -0.39 is 0 Å². The van der Waals surface area contributed by atoms with Crippen molar-refractivity contribution in [3.63, 3.8) is 0 Å². The highest BCUT2D eigenvalue weighted by molar-refractivity contribution is 8.15. The second-order valence-corrected chi connectivity index (χ2v) is 7.46. The Kier molecular flexibility index (Phi) is 5.34. The highest BCUT2D eigenvalue weighted by Gasteiger charge is 2.35. The quantitative estimate of drug-likeness (QED) is 0.613. The van der Waals surface area contributed by atoms with Crippen molar-refractivity contribution in [2.24, 2.45) is 10.2 Å². The van der Waals surface area contributed by atoms with Crippen molar-refractivity contribution in [3.05, 3.63) is 70.8 Å². The van der Waals surface area contributed by atoms with Crippen LogP contribution in [0, 0.1) is 13.8 Å². The number of rotatable bonds is 4. The van der Waals surface area contributed by atoms with Crippen LogP contribution in [0.1, 0.15) is 29.2 Å². The lowest BCUT2D eigenvalue weighted by Gasteiger charge is -2.16. The van der Waals surface area contributed by atoms with E-state index in [1.807, 2.05) is 56.3 Å². The zero-order chi connectivity index (χ0) is 17.8. The first-order valence-corrected chi connectivity index (χ1v) is 9.13. The van der Waals surface area contributed by atoms with Gasteiger partial charge in [0.1, 0.15) is 0 Å². The van der Waals surface area contributed by atoms with E-state index in [2.05, 4.69) is 23.2 Å². The zero-order valence-electron chi connectivity index (χ0n) is 14.6. The molecule has 1 fully saturated rings. The van der Waals surface area contributed by atoms with E-state index in [1.54, 1.807) is 11.1 Å². The largest absolute Gasteiger partial charge is 0.284 e. The third-order valence-corrected chi connectivity index (χ3v) is 5.21. The minimum absolute atomic E-state index is 0.0811. The molecule has 1 aliphatic heterocycles. The van der Waals surface area contributed by atoms with Crippen LogP contribution < -0.4 is 0 Å². The monoisotopic (exact) mass is 351 g/mol. The number of hydrogen-bond donors (Lipinski definition) is 0. The third-order valence-electron chi connectivity index (χ3n) is 4.14. The molecular weight excluding hydrogens is 330 g/mol. The van der Waals surface area contributed by atoms with Gasteiger partial charge in [0.2, 0.25) is 5.91 Å². The molecule has 0 radical (unpaired) electrons. The molecule has 2 aromatic rings. The molecule has 1 aliphatic rings. The van der Waals surface area contributed by atoms with Gasteiger partial charge < -0.3 is 0 Å². The average Bonchev–Trinajstić information content (AvgIpc) is 2.86. The summed E-state index contributed by atoms with van der Waals surface area (Å²) < 4.78 is 0. The van der Waals surface area contributed by atoms with Gasteiger partial charge in [-0.05, 0) is 37.5 Å². The lowest BCUT2D eigenvalue weighted by Crippen LogP contribution is -2.31. The molecule has 5 heteroatoms. The summed E-state index contributed by atoms with van der Waals surface area (Å²) in [5.41, 5.74) is 4.49. The van der Waals surface area contributed by atoms with E-state index in [9.17, 15) is 4.79 Å². The second kappa shape index (κ2) is 7.66. The number of carbonyl (C=O) groups excluding carboxylic acids is 1. The molecule has 1 heterocycles. The van der Waals surface area contributed by atoms with Gasteiger partial charge >= 0.3 is 0 Å². The molecule has 0 N–H and O–H groups in total. The van der Waals surface area contributed by atoms with Gasteiger partial charge in [-0.2, -0.15) is 5.10 Å². The van der Waals surface area contributed by atoms with Crippen LogP contribution in [-0.2, 0) is 11.3 Å². The van der Waals surface area contributed by atoms with Gasteiger partial charge in [-0.3, -0.25) is 9.69 Å². The number of carbonyl (C=O) groups is 1. The summed E-state index contributed by atoms with van der Waals surface area (Å²) in [7, 11) is 0. The van der Waals surface area contributed by atoms with Crippen LogP contribution in [0.4, 0.5) is 0 Å². The molecule has 128 valence electrons. The predicted molar refractivity (Wildman–Crippen MR) is 105 cm³/mol. The SMILES string of the molecule is Cc1ccc(/C=N\N=C2/S[C@@H](C)C(=O)N2Cc2ccccc2C)cc1. The van der Waals surface area contributed by atoms with Gasteiger partial charge in [-0.1, -0.05) is 65.9 Å². The van der Waals surface area contributed by atoms with Crippen LogP contribution in [0.3, 0.4) is 0 Å². The normalized spacial score (nSPS) is 19.3. The summed E-state index contributed by atoms with van der Waals surface area (Å²) in [6.07, 6.45) is 1.71. The number of hydrogen-bond acceptors (Lipinski definition) is 4. The van der Waals surface area contributed by atoms with Crippen molar-refractivity contribution < 1.29 is 4.79 Å². The van der Waals surface area contributed by atoms with Crippen molar-refractivity contribution in [1.29, 1.82) is 0 Å². The Balaban J connectivity index is 1.79. The van der Waals surface area contributed by atoms with Crippen LogP contribution in [0.25, 0.3) is 0 Å². The molecule has 1 atom stereocenters. The van der Waals surface area contributed by atoms with Gasteiger partial charge in [0, 0.05) is 0 Å². The second-order valence-electron chi connectivity index (χ2n) is 6.15. The number of aryl methyl sites for hydroxylation is 2. The summed E-state index contributed by atoms with van der Waals surface area (Å²) in [4.78, 5) is 14.2. The molecule has 0 bridgehead atoms. The summed E-state index contributed by atoms with van der Waals surface area (Å²) >= 11 is 1.46. The fourth-order valence-electron chi connectivity index (χ4n) is 2.56. The topological polar surface area (TPSA) is 45.0 Å². The minimum atomic E-state index is -0.127. The molecule has 0 spiro atoms. The maximum Gasteiger partial charge on any atom is 0.242 e. The van der Waals surface area contributed by atoms with E-state index in [4.69, 9.17) is 0 Å². The Morgan fingerprint density at radius 3 is 2.56 bits per heavy atom. The number of benzene rings is 2. The van der Waals surface area contributed by atoms with Crippen LogP contribution in [0.2, 0.25) is 0 Å². The van der Waals surface area contributed by atoms with Crippen LogP contribution in [0.15, 0.2) is 58.7 Å². The molecule has 3 rings (SSSR count). The van der Waals surface area contributed by atoms with Crippen LogP contribution >= 0.6 is 11.8 Å². The fourth-order valence-corrected chi connectivity index (χ4v) is 3.48. The molecule has 0 aliphatic carbocycles. The van der Waals surface area contributed by atoms with Crippen molar-refractivity contribution in [2.75, 3.05) is 0 Å². The van der Waals surface area contributed by atoms with Gasteiger partial charge in [0.25, 0.3) is 0 Å². The van der Waals surface area contributed by atoms with Gasteiger partial charge in [0.15, 0.2) is 5.17 Å². The van der Waals surface area contributed by atoms with Crippen molar-refractivity contribution in [1.82, 2.24) is 4.90 Å². The average molecular weight is 351 g/mol. The number of amides is 1. The van der Waals surface area contributed by atoms with Crippen molar-refractivity contribution in [2.45, 2.75) is 32.6 Å². The lowest BCUT2D eigenvalue weighted by atomic mass is 10.1. The minimum Gasteiger partial charge on any atom is -0.284 e. The first-order valence-electron chi connectivity index (χ1n) is 8.25. The molecule has 4 nitrogen and oxygen atoms in total.